The molecule has 21 heavy (non-hydrogen) atoms. The van der Waals surface area contributed by atoms with E-state index in [4.69, 9.17) is 0 Å². The minimum Gasteiger partial charge on any atom is -0.508 e. The molecule has 118 valence electrons. The molecule has 2 rings (SSSR count). The summed E-state index contributed by atoms with van der Waals surface area (Å²) < 4.78 is 0. The van der Waals surface area contributed by atoms with Gasteiger partial charge in [-0.15, -0.1) is 0 Å². The largest absolute Gasteiger partial charge is 0.508 e. The lowest BCUT2D eigenvalue weighted by Gasteiger charge is -2.36. The number of phenols is 1. The van der Waals surface area contributed by atoms with Crippen LogP contribution in [0.4, 0.5) is 5.69 Å². The van der Waals surface area contributed by atoms with Crippen LogP contribution in [0, 0.1) is 0 Å². The summed E-state index contributed by atoms with van der Waals surface area (Å²) in [6.07, 6.45) is 8.28. The van der Waals surface area contributed by atoms with Crippen LogP contribution in [0.5, 0.6) is 5.75 Å². The van der Waals surface area contributed by atoms with Gasteiger partial charge in [0, 0.05) is 31.9 Å². The Morgan fingerprint density at radius 3 is 2.14 bits per heavy atom. The number of benzene rings is 1. The van der Waals surface area contributed by atoms with Crippen molar-refractivity contribution in [1.82, 2.24) is 4.90 Å². The minimum absolute atomic E-state index is 0.348. The van der Waals surface area contributed by atoms with E-state index < -0.39 is 0 Å². The number of hydrogen-bond donors (Lipinski definition) is 1. The van der Waals surface area contributed by atoms with E-state index >= 15 is 0 Å². The summed E-state index contributed by atoms with van der Waals surface area (Å²) in [6.45, 7) is 8.05. The molecule has 1 fully saturated rings. The van der Waals surface area contributed by atoms with Crippen LogP contribution in [0.15, 0.2) is 24.3 Å². The first-order chi connectivity index (χ1) is 10.3. The van der Waals surface area contributed by atoms with Crippen LogP contribution in [-0.4, -0.2) is 42.7 Å². The van der Waals surface area contributed by atoms with Gasteiger partial charge in [-0.1, -0.05) is 39.0 Å². The maximum absolute atomic E-state index is 9.34. The van der Waals surface area contributed by atoms with E-state index in [0.717, 1.165) is 26.2 Å². The normalized spacial score (nSPS) is 16.3. The van der Waals surface area contributed by atoms with Crippen LogP contribution in [0.2, 0.25) is 0 Å². The van der Waals surface area contributed by atoms with Gasteiger partial charge in [0.05, 0.1) is 0 Å². The topological polar surface area (TPSA) is 26.7 Å². The first kappa shape index (κ1) is 16.2. The molecule has 0 amide bonds. The van der Waals surface area contributed by atoms with Gasteiger partial charge in [-0.3, -0.25) is 4.90 Å². The van der Waals surface area contributed by atoms with E-state index in [0.29, 0.717) is 5.75 Å². The van der Waals surface area contributed by atoms with Crippen molar-refractivity contribution in [1.29, 1.82) is 0 Å². The summed E-state index contributed by atoms with van der Waals surface area (Å²) >= 11 is 0. The maximum Gasteiger partial charge on any atom is 0.115 e. The SMILES string of the molecule is CCCCCCCCN1CCN(c2ccc(O)cc2)CC1. The number of nitrogens with zero attached hydrogens (tertiary/aromatic N) is 2. The smallest absolute Gasteiger partial charge is 0.115 e. The molecule has 3 heteroatoms. The number of unbranched alkanes of at least 4 members (excludes halogenated alkanes) is 5. The highest BCUT2D eigenvalue weighted by Gasteiger charge is 2.16. The summed E-state index contributed by atoms with van der Waals surface area (Å²) in [6, 6.07) is 7.58. The molecule has 1 heterocycles. The fourth-order valence-electron chi connectivity index (χ4n) is 3.01. The fourth-order valence-corrected chi connectivity index (χ4v) is 3.01. The molecule has 1 aliphatic heterocycles. The zero-order valence-corrected chi connectivity index (χ0v) is 13.4. The number of piperazine rings is 1. The summed E-state index contributed by atoms with van der Waals surface area (Å²) in [5.74, 6) is 0.348. The lowest BCUT2D eigenvalue weighted by atomic mass is 10.1. The Balaban J connectivity index is 1.61. The number of aromatic hydroxyl groups is 1. The molecule has 1 saturated heterocycles. The summed E-state index contributed by atoms with van der Waals surface area (Å²) in [7, 11) is 0. The molecule has 0 atom stereocenters. The summed E-state index contributed by atoms with van der Waals surface area (Å²) in [4.78, 5) is 5.01. The Morgan fingerprint density at radius 2 is 1.48 bits per heavy atom. The number of phenolic OH excluding ortho intramolecular Hbond substituents is 1. The zero-order valence-electron chi connectivity index (χ0n) is 13.4. The predicted molar refractivity (Wildman–Crippen MR) is 90.1 cm³/mol. The molecule has 0 saturated carbocycles. The van der Waals surface area contributed by atoms with Crippen molar-refractivity contribution < 1.29 is 5.11 Å². The third kappa shape index (κ3) is 5.58. The third-order valence-electron chi connectivity index (χ3n) is 4.42. The average Bonchev–Trinajstić information content (AvgIpc) is 2.52. The molecule has 0 aromatic heterocycles. The molecule has 0 bridgehead atoms. The van der Waals surface area contributed by atoms with Gasteiger partial charge < -0.3 is 10.0 Å². The van der Waals surface area contributed by atoms with Gasteiger partial charge in [0.15, 0.2) is 0 Å². The Hall–Kier alpha value is -1.22. The molecular formula is C18H30N2O. The van der Waals surface area contributed by atoms with Gasteiger partial charge in [-0.25, -0.2) is 0 Å². The second-order valence-electron chi connectivity index (χ2n) is 6.11. The molecule has 1 aliphatic rings. The van der Waals surface area contributed by atoms with Crippen molar-refractivity contribution >= 4 is 5.69 Å². The van der Waals surface area contributed by atoms with E-state index in [1.807, 2.05) is 12.1 Å². The van der Waals surface area contributed by atoms with E-state index in [9.17, 15) is 5.11 Å². The second-order valence-corrected chi connectivity index (χ2v) is 6.11. The molecule has 3 nitrogen and oxygen atoms in total. The third-order valence-corrected chi connectivity index (χ3v) is 4.42. The van der Waals surface area contributed by atoms with Gasteiger partial charge >= 0.3 is 0 Å². The molecule has 1 aromatic carbocycles. The minimum atomic E-state index is 0.348. The van der Waals surface area contributed by atoms with Crippen LogP contribution in [0.1, 0.15) is 45.4 Å². The Labute approximate surface area is 129 Å². The number of hydrogen-bond acceptors (Lipinski definition) is 3. The van der Waals surface area contributed by atoms with Crippen molar-refractivity contribution in [2.24, 2.45) is 0 Å². The van der Waals surface area contributed by atoms with Crippen molar-refractivity contribution in [3.63, 3.8) is 0 Å². The Bertz CT molecular complexity index is 383. The van der Waals surface area contributed by atoms with Crippen LogP contribution in [0.25, 0.3) is 0 Å². The Morgan fingerprint density at radius 1 is 0.857 bits per heavy atom. The molecule has 0 aliphatic carbocycles. The van der Waals surface area contributed by atoms with Gasteiger partial charge in [0.2, 0.25) is 0 Å². The van der Waals surface area contributed by atoms with Crippen LogP contribution < -0.4 is 4.90 Å². The average molecular weight is 290 g/mol. The first-order valence-corrected chi connectivity index (χ1v) is 8.56. The highest BCUT2D eigenvalue weighted by atomic mass is 16.3. The maximum atomic E-state index is 9.34. The second kappa shape index (κ2) is 8.93. The fraction of sp³-hybridized carbons (Fsp3) is 0.667. The molecule has 0 spiro atoms. The quantitative estimate of drug-likeness (QED) is 0.736. The van der Waals surface area contributed by atoms with Gasteiger partial charge in [-0.2, -0.15) is 0 Å². The zero-order chi connectivity index (χ0) is 14.9. The highest BCUT2D eigenvalue weighted by Crippen LogP contribution is 2.20. The predicted octanol–water partition coefficient (Wildman–Crippen LogP) is 3.87. The van der Waals surface area contributed by atoms with Crippen molar-refractivity contribution in [2.75, 3.05) is 37.6 Å². The summed E-state index contributed by atoms with van der Waals surface area (Å²) in [5.41, 5.74) is 1.23. The monoisotopic (exact) mass is 290 g/mol. The standard InChI is InChI=1S/C18H30N2O/c1-2-3-4-5-6-7-12-19-13-15-20(16-14-19)17-8-10-18(21)11-9-17/h8-11,21H,2-7,12-16H2,1H3. The Kier molecular flexibility index (Phi) is 6.87. The van der Waals surface area contributed by atoms with Crippen LogP contribution in [0.3, 0.4) is 0 Å². The molecule has 0 unspecified atom stereocenters. The van der Waals surface area contributed by atoms with Gasteiger partial charge in [-0.05, 0) is 37.2 Å². The van der Waals surface area contributed by atoms with Crippen molar-refractivity contribution in [2.45, 2.75) is 45.4 Å². The van der Waals surface area contributed by atoms with E-state index in [1.165, 1.54) is 50.8 Å². The van der Waals surface area contributed by atoms with Gasteiger partial charge in [0.1, 0.15) is 5.75 Å². The number of rotatable bonds is 8. The van der Waals surface area contributed by atoms with Gasteiger partial charge in [0.25, 0.3) is 0 Å². The van der Waals surface area contributed by atoms with E-state index in [1.54, 1.807) is 12.1 Å². The van der Waals surface area contributed by atoms with Crippen molar-refractivity contribution in [3.05, 3.63) is 24.3 Å². The van der Waals surface area contributed by atoms with Crippen molar-refractivity contribution in [3.8, 4) is 5.75 Å². The van der Waals surface area contributed by atoms with E-state index in [-0.39, 0.29) is 0 Å². The van der Waals surface area contributed by atoms with Crippen LogP contribution in [-0.2, 0) is 0 Å². The summed E-state index contributed by atoms with van der Waals surface area (Å²) in [5, 5.41) is 9.34. The van der Waals surface area contributed by atoms with Crippen LogP contribution >= 0.6 is 0 Å². The molecule has 0 radical (unpaired) electrons. The van der Waals surface area contributed by atoms with E-state index in [2.05, 4.69) is 16.7 Å². The lowest BCUT2D eigenvalue weighted by Crippen LogP contribution is -2.46. The lowest BCUT2D eigenvalue weighted by molar-refractivity contribution is 0.252. The first-order valence-electron chi connectivity index (χ1n) is 8.56. The molecule has 1 N–H and O–H groups in total. The number of anilines is 1. The highest BCUT2D eigenvalue weighted by molar-refractivity contribution is 5.49. The molecular weight excluding hydrogens is 260 g/mol. The molecule has 1 aromatic rings.